The van der Waals surface area contributed by atoms with Crippen molar-refractivity contribution in [1.82, 2.24) is 0 Å². The lowest BCUT2D eigenvalue weighted by Gasteiger charge is -2.43. The third-order valence-electron chi connectivity index (χ3n) is 6.61. The minimum Gasteiger partial charge on any atom is -0.462 e. The molecule has 2 aliphatic carbocycles. The van der Waals surface area contributed by atoms with Gasteiger partial charge in [0.2, 0.25) is 0 Å². The Hall–Kier alpha value is -1.62. The second kappa shape index (κ2) is 9.46. The third-order valence-corrected chi connectivity index (χ3v) is 6.61. The second-order valence-corrected chi connectivity index (χ2v) is 9.01. The van der Waals surface area contributed by atoms with E-state index in [0.29, 0.717) is 19.3 Å². The number of carbonyl (C=O) groups excluding carboxylic acids is 2. The van der Waals surface area contributed by atoms with Crippen LogP contribution in [0.3, 0.4) is 0 Å². The summed E-state index contributed by atoms with van der Waals surface area (Å²) in [5.74, 6) is -1.52. The lowest BCUT2D eigenvalue weighted by Crippen LogP contribution is -2.42. The van der Waals surface area contributed by atoms with Gasteiger partial charge in [0, 0.05) is 16.5 Å². The summed E-state index contributed by atoms with van der Waals surface area (Å²) < 4.78 is 34.4. The molecule has 0 amide bonds. The van der Waals surface area contributed by atoms with Crippen LogP contribution in [0.4, 0.5) is 0 Å². The molecule has 162 valence electrons. The van der Waals surface area contributed by atoms with Gasteiger partial charge in [-0.25, -0.2) is 0 Å². The van der Waals surface area contributed by atoms with Crippen molar-refractivity contribution in [3.05, 3.63) is 23.8 Å². The molecule has 0 aromatic carbocycles. The van der Waals surface area contributed by atoms with Crippen molar-refractivity contribution in [3.63, 3.8) is 0 Å². The quantitative estimate of drug-likeness (QED) is 0.668. The Morgan fingerprint density at radius 2 is 2.17 bits per heavy atom. The van der Waals surface area contributed by atoms with Crippen molar-refractivity contribution in [2.75, 3.05) is 0 Å². The van der Waals surface area contributed by atoms with Crippen LogP contribution in [-0.4, -0.2) is 35.4 Å². The zero-order chi connectivity index (χ0) is 23.6. The number of rotatable bonds is 6. The zero-order valence-corrected chi connectivity index (χ0v) is 17.7. The molecule has 1 heterocycles. The van der Waals surface area contributed by atoms with Gasteiger partial charge >= 0.3 is 11.9 Å². The molecule has 5 heteroatoms. The molecular weight excluding hydrogens is 368 g/mol. The molecule has 0 spiro atoms. The Morgan fingerprint density at radius 1 is 1.38 bits per heavy atom. The first-order valence-electron chi connectivity index (χ1n) is 12.5. The fraction of sp³-hybridized carbons (Fsp3) is 0.750. The van der Waals surface area contributed by atoms with Crippen LogP contribution in [0.15, 0.2) is 23.8 Å². The summed E-state index contributed by atoms with van der Waals surface area (Å²) in [6.45, 7) is 3.53. The van der Waals surface area contributed by atoms with E-state index < -0.39 is 24.8 Å². The molecule has 1 saturated heterocycles. The summed E-state index contributed by atoms with van der Waals surface area (Å²) in [5.41, 5.74) is 1.13. The van der Waals surface area contributed by atoms with Crippen LogP contribution in [0, 0.1) is 29.6 Å². The average molecular weight is 408 g/mol. The van der Waals surface area contributed by atoms with Gasteiger partial charge in [0.05, 0.1) is 18.4 Å². The van der Waals surface area contributed by atoms with Gasteiger partial charge in [-0.2, -0.15) is 0 Å². The normalized spacial score (nSPS) is 39.9. The van der Waals surface area contributed by atoms with Crippen LogP contribution >= 0.6 is 0 Å². The first-order chi connectivity index (χ1) is 15.0. The highest BCUT2D eigenvalue weighted by Gasteiger charge is 2.42. The van der Waals surface area contributed by atoms with Crippen LogP contribution in [-0.2, 0) is 19.1 Å². The topological polar surface area (TPSA) is 72.8 Å². The minimum atomic E-state index is -2.38. The number of aliphatic hydroxyl groups excluding tert-OH is 1. The van der Waals surface area contributed by atoms with Crippen LogP contribution < -0.4 is 0 Å². The van der Waals surface area contributed by atoms with Gasteiger partial charge < -0.3 is 14.6 Å². The summed E-state index contributed by atoms with van der Waals surface area (Å²) >= 11 is 0. The standard InChI is InChI=1S/C24H36O5/c1-5-15(3)24(27)29-21-11-14(2)10-17-7-6-16(4)20(23(17)21)9-8-19-12-18(25)13-22(26)28-19/h6-7,10,14-16,18-21,23,25H,5,8-9,11-13H2,1-4H3/i3D3. The SMILES string of the molecule is [2H]C([2H])([2H])C(CC)C(=O)OC1CC(C)C=C2C=CC(C)C(CCC3CC(O)CC(=O)O3)C21. The maximum absolute atomic E-state index is 12.8. The van der Waals surface area contributed by atoms with Crippen LogP contribution in [0.25, 0.3) is 0 Å². The molecule has 0 saturated carbocycles. The van der Waals surface area contributed by atoms with Gasteiger partial charge in [-0.05, 0) is 49.0 Å². The Kier molecular flexibility index (Phi) is 5.93. The zero-order valence-electron chi connectivity index (χ0n) is 20.7. The highest BCUT2D eigenvalue weighted by Crippen LogP contribution is 2.45. The van der Waals surface area contributed by atoms with Gasteiger partial charge in [0.15, 0.2) is 0 Å². The predicted octanol–water partition coefficient (Wildman–Crippen LogP) is 4.20. The van der Waals surface area contributed by atoms with Gasteiger partial charge in [0.25, 0.3) is 0 Å². The average Bonchev–Trinajstić information content (AvgIpc) is 2.66. The molecule has 5 nitrogen and oxygen atoms in total. The fourth-order valence-corrected chi connectivity index (χ4v) is 5.04. The number of ether oxygens (including phenoxy) is 2. The summed E-state index contributed by atoms with van der Waals surface area (Å²) in [6.07, 6.45) is 7.91. The lowest BCUT2D eigenvalue weighted by molar-refractivity contribution is -0.162. The van der Waals surface area contributed by atoms with E-state index in [1.807, 2.05) is 0 Å². The maximum atomic E-state index is 12.8. The monoisotopic (exact) mass is 407 g/mol. The first-order valence-corrected chi connectivity index (χ1v) is 11.0. The number of esters is 2. The Morgan fingerprint density at radius 3 is 2.86 bits per heavy atom. The van der Waals surface area contributed by atoms with E-state index in [-0.39, 0.29) is 54.7 Å². The molecule has 8 unspecified atom stereocenters. The molecule has 0 aromatic rings. The summed E-state index contributed by atoms with van der Waals surface area (Å²) in [7, 11) is 0. The summed E-state index contributed by atoms with van der Waals surface area (Å²) in [4.78, 5) is 24.5. The van der Waals surface area contributed by atoms with Gasteiger partial charge in [0.1, 0.15) is 12.2 Å². The van der Waals surface area contributed by atoms with E-state index in [4.69, 9.17) is 13.6 Å². The van der Waals surface area contributed by atoms with Crippen molar-refractivity contribution >= 4 is 11.9 Å². The number of aliphatic hydroxyl groups is 1. The number of hydrogen-bond donors (Lipinski definition) is 1. The number of carbonyl (C=O) groups is 2. The first kappa shape index (κ1) is 18.2. The molecule has 1 fully saturated rings. The Balaban J connectivity index is 1.77. The Labute approximate surface area is 178 Å². The van der Waals surface area contributed by atoms with Crippen LogP contribution in [0.1, 0.15) is 70.3 Å². The smallest absolute Gasteiger partial charge is 0.308 e. The molecule has 3 aliphatic rings. The molecule has 0 bridgehead atoms. The van der Waals surface area contributed by atoms with Crippen molar-refractivity contribution in [2.24, 2.45) is 29.6 Å². The highest BCUT2D eigenvalue weighted by molar-refractivity contribution is 5.72. The van der Waals surface area contributed by atoms with Crippen LogP contribution in [0.5, 0.6) is 0 Å². The van der Waals surface area contributed by atoms with Gasteiger partial charge in [-0.15, -0.1) is 0 Å². The Bertz CT molecular complexity index is 759. The molecular formula is C24H36O5. The van der Waals surface area contributed by atoms with E-state index in [0.717, 1.165) is 12.0 Å². The van der Waals surface area contributed by atoms with E-state index >= 15 is 0 Å². The van der Waals surface area contributed by atoms with E-state index in [1.165, 1.54) is 0 Å². The minimum absolute atomic E-state index is 0.0199. The molecule has 0 radical (unpaired) electrons. The maximum Gasteiger partial charge on any atom is 0.308 e. The third kappa shape index (κ3) is 5.30. The number of cyclic esters (lactones) is 1. The molecule has 0 aromatic heterocycles. The van der Waals surface area contributed by atoms with Crippen molar-refractivity contribution in [1.29, 1.82) is 0 Å². The number of hydrogen-bond acceptors (Lipinski definition) is 5. The molecule has 1 N–H and O–H groups in total. The van der Waals surface area contributed by atoms with E-state index in [2.05, 4.69) is 32.1 Å². The van der Waals surface area contributed by atoms with E-state index in [1.54, 1.807) is 6.92 Å². The van der Waals surface area contributed by atoms with Crippen molar-refractivity contribution in [2.45, 2.75) is 84.5 Å². The number of fused-ring (bicyclic) bond motifs is 1. The summed E-state index contributed by atoms with van der Waals surface area (Å²) in [6, 6.07) is 0. The summed E-state index contributed by atoms with van der Waals surface area (Å²) in [5, 5.41) is 9.91. The molecule has 8 atom stereocenters. The molecule has 3 rings (SSSR count). The fourth-order valence-electron chi connectivity index (χ4n) is 5.04. The van der Waals surface area contributed by atoms with E-state index in [9.17, 15) is 14.7 Å². The molecule has 29 heavy (non-hydrogen) atoms. The number of allylic oxidation sites excluding steroid dienone is 3. The highest BCUT2D eigenvalue weighted by atomic mass is 16.5. The predicted molar refractivity (Wildman–Crippen MR) is 111 cm³/mol. The van der Waals surface area contributed by atoms with Crippen LogP contribution in [0.2, 0.25) is 0 Å². The van der Waals surface area contributed by atoms with Gasteiger partial charge in [-0.1, -0.05) is 45.9 Å². The lowest BCUT2D eigenvalue weighted by atomic mass is 9.65. The van der Waals surface area contributed by atoms with Gasteiger partial charge in [-0.3, -0.25) is 9.59 Å². The van der Waals surface area contributed by atoms with Crippen molar-refractivity contribution < 1.29 is 28.3 Å². The largest absolute Gasteiger partial charge is 0.462 e. The molecule has 1 aliphatic heterocycles. The van der Waals surface area contributed by atoms with Crippen molar-refractivity contribution in [3.8, 4) is 0 Å². The second-order valence-electron chi connectivity index (χ2n) is 9.01.